The van der Waals surface area contributed by atoms with E-state index in [1.165, 1.54) is 15.7 Å². The number of fused-ring (bicyclic) bond motifs is 1. The van der Waals surface area contributed by atoms with Crippen LogP contribution in [0, 0.1) is 0 Å². The molecule has 4 rings (SSSR count). The first-order valence-electron chi connectivity index (χ1n) is 8.07. The maximum atomic E-state index is 12.0. The maximum absolute atomic E-state index is 12.0. The van der Waals surface area contributed by atoms with E-state index in [4.69, 9.17) is 11.5 Å². The highest BCUT2D eigenvalue weighted by Gasteiger charge is 2.32. The molecule has 0 radical (unpaired) electrons. The first kappa shape index (κ1) is 14.4. The molecule has 0 amide bonds. The van der Waals surface area contributed by atoms with Crippen molar-refractivity contribution in [3.8, 4) is 5.69 Å². The summed E-state index contributed by atoms with van der Waals surface area (Å²) in [4.78, 5) is 18.3. The predicted octanol–water partition coefficient (Wildman–Crippen LogP) is 0.315. The minimum Gasteiger partial charge on any atom is -0.383 e. The third kappa shape index (κ3) is 2.64. The molecule has 1 saturated heterocycles. The standard InChI is InChI=1S/C17H21N5O/c18-13-9-21(10-13)14-3-1-12-8-15(4-2-11(12)7-14)22-6-5-16(19)20-17(22)23/h2,4-6,8,13-14H,1,3,7,9-10,18H2,(H2,19,20,23). The highest BCUT2D eigenvalue weighted by molar-refractivity contribution is 5.43. The lowest BCUT2D eigenvalue weighted by Crippen LogP contribution is -2.60. The van der Waals surface area contributed by atoms with E-state index in [2.05, 4.69) is 22.0 Å². The van der Waals surface area contributed by atoms with E-state index in [1.807, 2.05) is 6.07 Å². The second-order valence-electron chi connectivity index (χ2n) is 6.57. The van der Waals surface area contributed by atoms with Gasteiger partial charge in [0, 0.05) is 31.4 Å². The van der Waals surface area contributed by atoms with Crippen molar-refractivity contribution in [1.82, 2.24) is 14.5 Å². The maximum Gasteiger partial charge on any atom is 0.354 e. The van der Waals surface area contributed by atoms with E-state index in [0.29, 0.717) is 12.1 Å². The molecule has 1 aromatic heterocycles. The summed E-state index contributed by atoms with van der Waals surface area (Å²) in [5, 5.41) is 0. The molecule has 4 N–H and O–H groups in total. The topological polar surface area (TPSA) is 90.2 Å². The summed E-state index contributed by atoms with van der Waals surface area (Å²) < 4.78 is 1.54. The van der Waals surface area contributed by atoms with E-state index in [0.717, 1.165) is 38.0 Å². The van der Waals surface area contributed by atoms with Crippen LogP contribution in [-0.4, -0.2) is 39.6 Å². The molecule has 1 unspecified atom stereocenters. The minimum absolute atomic E-state index is 0.250. The average molecular weight is 311 g/mol. The van der Waals surface area contributed by atoms with Crippen LogP contribution < -0.4 is 17.2 Å². The number of rotatable bonds is 2. The quantitative estimate of drug-likeness (QED) is 0.833. The fraction of sp³-hybridized carbons (Fsp3) is 0.412. The summed E-state index contributed by atoms with van der Waals surface area (Å²) in [6.07, 6.45) is 4.94. The molecule has 2 aliphatic rings. The van der Waals surface area contributed by atoms with Crippen LogP contribution in [0.3, 0.4) is 0 Å². The lowest BCUT2D eigenvalue weighted by atomic mass is 9.85. The van der Waals surface area contributed by atoms with Crippen LogP contribution >= 0.6 is 0 Å². The van der Waals surface area contributed by atoms with Crippen molar-refractivity contribution in [1.29, 1.82) is 0 Å². The Kier molecular flexibility index (Phi) is 3.43. The highest BCUT2D eigenvalue weighted by Crippen LogP contribution is 2.28. The fourth-order valence-corrected chi connectivity index (χ4v) is 3.64. The molecule has 1 atom stereocenters. The molecule has 6 nitrogen and oxygen atoms in total. The summed E-state index contributed by atoms with van der Waals surface area (Å²) in [5.74, 6) is 0.250. The number of aromatic nitrogens is 2. The molecule has 0 saturated carbocycles. The molecule has 6 heteroatoms. The number of nitrogens with two attached hydrogens (primary N) is 2. The number of benzene rings is 1. The van der Waals surface area contributed by atoms with E-state index >= 15 is 0 Å². The van der Waals surface area contributed by atoms with Crippen molar-refractivity contribution in [3.63, 3.8) is 0 Å². The van der Waals surface area contributed by atoms with Gasteiger partial charge >= 0.3 is 5.69 Å². The van der Waals surface area contributed by atoms with Crippen molar-refractivity contribution >= 4 is 5.82 Å². The van der Waals surface area contributed by atoms with Gasteiger partial charge in [-0.25, -0.2) is 4.79 Å². The van der Waals surface area contributed by atoms with Crippen LogP contribution in [0.1, 0.15) is 17.5 Å². The Morgan fingerprint density at radius 1 is 1.17 bits per heavy atom. The number of hydrogen-bond donors (Lipinski definition) is 2. The highest BCUT2D eigenvalue weighted by atomic mass is 16.1. The number of nitrogens with zero attached hydrogens (tertiary/aromatic N) is 3. The molecule has 1 aliphatic carbocycles. The molecule has 0 bridgehead atoms. The molecule has 2 heterocycles. The molecular weight excluding hydrogens is 290 g/mol. The van der Waals surface area contributed by atoms with E-state index in [1.54, 1.807) is 12.3 Å². The summed E-state index contributed by atoms with van der Waals surface area (Å²) in [7, 11) is 0. The second kappa shape index (κ2) is 5.47. The molecular formula is C17H21N5O. The zero-order valence-corrected chi connectivity index (χ0v) is 13.0. The Bertz CT molecular complexity index is 794. The number of anilines is 1. The second-order valence-corrected chi connectivity index (χ2v) is 6.57. The Hall–Kier alpha value is -2.18. The van der Waals surface area contributed by atoms with Crippen LogP contribution in [0.15, 0.2) is 35.3 Å². The molecule has 1 aromatic carbocycles. The van der Waals surface area contributed by atoms with Gasteiger partial charge in [0.25, 0.3) is 0 Å². The van der Waals surface area contributed by atoms with Crippen molar-refractivity contribution in [2.45, 2.75) is 31.3 Å². The van der Waals surface area contributed by atoms with Crippen molar-refractivity contribution in [2.24, 2.45) is 5.73 Å². The van der Waals surface area contributed by atoms with Gasteiger partial charge in [0.05, 0.1) is 5.69 Å². The third-order valence-electron chi connectivity index (χ3n) is 4.95. The van der Waals surface area contributed by atoms with E-state index in [-0.39, 0.29) is 11.5 Å². The minimum atomic E-state index is -0.340. The molecule has 0 spiro atoms. The molecule has 1 aliphatic heterocycles. The van der Waals surface area contributed by atoms with E-state index in [9.17, 15) is 4.79 Å². The van der Waals surface area contributed by atoms with Crippen LogP contribution in [0.4, 0.5) is 5.82 Å². The van der Waals surface area contributed by atoms with E-state index < -0.39 is 0 Å². The van der Waals surface area contributed by atoms with Crippen LogP contribution in [0.2, 0.25) is 0 Å². The van der Waals surface area contributed by atoms with Gasteiger partial charge < -0.3 is 11.5 Å². The monoisotopic (exact) mass is 311 g/mol. The Balaban J connectivity index is 1.59. The summed E-state index contributed by atoms with van der Waals surface area (Å²) in [6, 6.07) is 8.83. The summed E-state index contributed by atoms with van der Waals surface area (Å²) in [6.45, 7) is 2.04. The number of nitrogen functional groups attached to an aromatic ring is 1. The Labute approximate surface area is 134 Å². The van der Waals surface area contributed by atoms with Gasteiger partial charge in [-0.1, -0.05) is 6.07 Å². The number of aryl methyl sites for hydroxylation is 1. The molecule has 120 valence electrons. The molecule has 23 heavy (non-hydrogen) atoms. The van der Waals surface area contributed by atoms with Crippen LogP contribution in [0.25, 0.3) is 5.69 Å². The lowest BCUT2D eigenvalue weighted by molar-refractivity contribution is 0.0853. The Morgan fingerprint density at radius 2 is 2.00 bits per heavy atom. The largest absolute Gasteiger partial charge is 0.383 e. The van der Waals surface area contributed by atoms with Crippen LogP contribution in [0.5, 0.6) is 0 Å². The van der Waals surface area contributed by atoms with Crippen LogP contribution in [-0.2, 0) is 12.8 Å². The Morgan fingerprint density at radius 3 is 2.74 bits per heavy atom. The van der Waals surface area contributed by atoms with Crippen molar-refractivity contribution in [2.75, 3.05) is 18.8 Å². The summed E-state index contributed by atoms with van der Waals surface area (Å²) in [5.41, 5.74) is 14.7. The average Bonchev–Trinajstić information content (AvgIpc) is 2.51. The smallest absolute Gasteiger partial charge is 0.354 e. The van der Waals surface area contributed by atoms with Gasteiger partial charge in [0.15, 0.2) is 0 Å². The van der Waals surface area contributed by atoms with Crippen molar-refractivity contribution < 1.29 is 0 Å². The molecule has 2 aromatic rings. The lowest BCUT2D eigenvalue weighted by Gasteiger charge is -2.44. The van der Waals surface area contributed by atoms with Gasteiger partial charge in [0.2, 0.25) is 0 Å². The van der Waals surface area contributed by atoms with Crippen molar-refractivity contribution in [3.05, 3.63) is 52.1 Å². The SMILES string of the molecule is Nc1ccn(-c2ccc3c(c2)CCC(N2CC(N)C2)C3)c(=O)n1. The van der Waals surface area contributed by atoms with Gasteiger partial charge in [-0.05, 0) is 48.6 Å². The normalized spacial score (nSPS) is 21.7. The third-order valence-corrected chi connectivity index (χ3v) is 4.95. The van der Waals surface area contributed by atoms with Gasteiger partial charge in [-0.15, -0.1) is 0 Å². The first-order valence-corrected chi connectivity index (χ1v) is 8.07. The summed E-state index contributed by atoms with van der Waals surface area (Å²) >= 11 is 0. The first-order chi connectivity index (χ1) is 11.1. The van der Waals surface area contributed by atoms with Gasteiger partial charge in [0.1, 0.15) is 5.82 Å². The number of likely N-dealkylation sites (tertiary alicyclic amines) is 1. The van der Waals surface area contributed by atoms with Gasteiger partial charge in [-0.2, -0.15) is 4.98 Å². The number of hydrogen-bond acceptors (Lipinski definition) is 5. The predicted molar refractivity (Wildman–Crippen MR) is 89.6 cm³/mol. The zero-order valence-electron chi connectivity index (χ0n) is 13.0. The molecule has 1 fully saturated rings. The van der Waals surface area contributed by atoms with Gasteiger partial charge in [-0.3, -0.25) is 9.47 Å². The zero-order chi connectivity index (χ0) is 16.0. The fourth-order valence-electron chi connectivity index (χ4n) is 3.64.